The van der Waals surface area contributed by atoms with Crippen molar-refractivity contribution in [1.29, 1.82) is 0 Å². The molecule has 6 heteroatoms. The molecular weight excluding hydrogens is 290 g/mol. The van der Waals surface area contributed by atoms with E-state index in [9.17, 15) is 9.59 Å². The summed E-state index contributed by atoms with van der Waals surface area (Å²) < 4.78 is 0. The fourth-order valence-corrected chi connectivity index (χ4v) is 2.06. The van der Waals surface area contributed by atoms with Crippen LogP contribution in [0.25, 0.3) is 0 Å². The van der Waals surface area contributed by atoms with Gasteiger partial charge in [-0.25, -0.2) is 0 Å². The number of aromatic nitrogens is 1. The summed E-state index contributed by atoms with van der Waals surface area (Å²) in [7, 11) is 0. The van der Waals surface area contributed by atoms with Crippen LogP contribution in [0, 0.1) is 0 Å². The van der Waals surface area contributed by atoms with Crippen molar-refractivity contribution in [1.82, 2.24) is 10.3 Å². The van der Waals surface area contributed by atoms with Gasteiger partial charge in [-0.1, -0.05) is 29.8 Å². The van der Waals surface area contributed by atoms with E-state index in [-0.39, 0.29) is 12.3 Å². The van der Waals surface area contributed by atoms with Crippen LogP contribution in [0.1, 0.15) is 15.9 Å². The molecule has 0 bridgehead atoms. The number of rotatable bonds is 5. The molecular formula is C15H14ClN3O2. The van der Waals surface area contributed by atoms with Gasteiger partial charge in [0.05, 0.1) is 0 Å². The maximum absolute atomic E-state index is 12.1. The van der Waals surface area contributed by atoms with Gasteiger partial charge in [0.15, 0.2) is 0 Å². The zero-order valence-electron chi connectivity index (χ0n) is 11.1. The Hall–Kier alpha value is -2.40. The van der Waals surface area contributed by atoms with Crippen molar-refractivity contribution in [3.63, 3.8) is 0 Å². The number of pyridine rings is 1. The van der Waals surface area contributed by atoms with Crippen LogP contribution in [0.4, 0.5) is 0 Å². The highest BCUT2D eigenvalue weighted by atomic mass is 35.5. The highest BCUT2D eigenvalue weighted by molar-refractivity contribution is 6.31. The second-order valence-corrected chi connectivity index (χ2v) is 4.87. The van der Waals surface area contributed by atoms with E-state index in [4.69, 9.17) is 17.3 Å². The van der Waals surface area contributed by atoms with Gasteiger partial charge in [0.25, 0.3) is 5.91 Å². The highest BCUT2D eigenvalue weighted by Gasteiger charge is 2.20. The molecule has 1 atom stereocenters. The van der Waals surface area contributed by atoms with Gasteiger partial charge in [-0.05, 0) is 23.8 Å². The minimum atomic E-state index is -0.828. The first-order chi connectivity index (χ1) is 10.1. The molecule has 5 nitrogen and oxygen atoms in total. The van der Waals surface area contributed by atoms with Gasteiger partial charge in [-0.15, -0.1) is 0 Å². The molecule has 0 saturated heterocycles. The first kappa shape index (κ1) is 15.0. The predicted molar refractivity (Wildman–Crippen MR) is 79.8 cm³/mol. The van der Waals surface area contributed by atoms with E-state index in [2.05, 4.69) is 10.3 Å². The summed E-state index contributed by atoms with van der Waals surface area (Å²) >= 11 is 6.05. The number of nitrogens with one attached hydrogen (secondary N) is 1. The summed E-state index contributed by atoms with van der Waals surface area (Å²) in [6, 6.07) is 9.40. The summed E-state index contributed by atoms with van der Waals surface area (Å²) in [5.41, 5.74) is 6.51. The smallest absolute Gasteiger partial charge is 0.252 e. The van der Waals surface area contributed by atoms with E-state index in [0.29, 0.717) is 10.6 Å². The zero-order chi connectivity index (χ0) is 15.2. The third-order valence-electron chi connectivity index (χ3n) is 2.97. The van der Waals surface area contributed by atoms with Crippen molar-refractivity contribution in [2.45, 2.75) is 12.5 Å². The van der Waals surface area contributed by atoms with Gasteiger partial charge in [0, 0.05) is 29.4 Å². The van der Waals surface area contributed by atoms with Crippen LogP contribution in [0.5, 0.6) is 0 Å². The Morgan fingerprint density at radius 3 is 2.48 bits per heavy atom. The normalized spacial score (nSPS) is 11.7. The Bertz CT molecular complexity index is 646. The number of carbonyl (C=O) groups is 2. The number of primary amides is 1. The molecule has 21 heavy (non-hydrogen) atoms. The molecule has 0 radical (unpaired) electrons. The Kier molecular flexibility index (Phi) is 4.90. The summed E-state index contributed by atoms with van der Waals surface area (Å²) in [5, 5.41) is 3.14. The molecule has 0 saturated carbocycles. The van der Waals surface area contributed by atoms with Crippen molar-refractivity contribution < 1.29 is 9.59 Å². The van der Waals surface area contributed by atoms with E-state index in [1.54, 1.807) is 30.3 Å². The molecule has 2 rings (SSSR count). The number of amides is 2. The summed E-state index contributed by atoms with van der Waals surface area (Å²) in [6.45, 7) is 0. The quantitative estimate of drug-likeness (QED) is 0.879. The number of hydrogen-bond donors (Lipinski definition) is 2. The lowest BCUT2D eigenvalue weighted by Crippen LogP contribution is -2.45. The number of nitrogens with two attached hydrogens (primary N) is 1. The second kappa shape index (κ2) is 6.85. The van der Waals surface area contributed by atoms with Crippen molar-refractivity contribution in [3.05, 3.63) is 64.9 Å². The first-order valence-corrected chi connectivity index (χ1v) is 6.69. The third kappa shape index (κ3) is 4.03. The van der Waals surface area contributed by atoms with Crippen LogP contribution in [0.3, 0.4) is 0 Å². The number of halogens is 1. The number of nitrogens with zero attached hydrogens (tertiary/aromatic N) is 1. The Morgan fingerprint density at radius 1 is 1.19 bits per heavy atom. The molecule has 0 fully saturated rings. The van der Waals surface area contributed by atoms with Crippen LogP contribution in [-0.2, 0) is 11.2 Å². The maximum atomic E-state index is 12.1. The Labute approximate surface area is 127 Å². The van der Waals surface area contributed by atoms with E-state index >= 15 is 0 Å². The molecule has 0 spiro atoms. The molecule has 2 aromatic rings. The lowest BCUT2D eigenvalue weighted by atomic mass is 10.0. The molecule has 1 aromatic carbocycles. The van der Waals surface area contributed by atoms with E-state index < -0.39 is 11.9 Å². The topological polar surface area (TPSA) is 85.1 Å². The minimum Gasteiger partial charge on any atom is -0.368 e. The lowest BCUT2D eigenvalue weighted by molar-refractivity contribution is -0.119. The second-order valence-electron chi connectivity index (χ2n) is 4.46. The molecule has 0 aliphatic heterocycles. The lowest BCUT2D eigenvalue weighted by Gasteiger charge is -2.16. The van der Waals surface area contributed by atoms with Crippen molar-refractivity contribution in [3.8, 4) is 0 Å². The standard InChI is InChI=1S/C15H14ClN3O2/c16-12-4-2-1-3-11(12)9-13(14(17)20)19-15(21)10-5-7-18-8-6-10/h1-8,13H,9H2,(H2,17,20)(H,19,21)/t13-/m0/s1. The summed E-state index contributed by atoms with van der Waals surface area (Å²) in [6.07, 6.45) is 3.25. The van der Waals surface area contributed by atoms with Gasteiger partial charge < -0.3 is 11.1 Å². The van der Waals surface area contributed by atoms with Crippen LogP contribution >= 0.6 is 11.6 Å². The highest BCUT2D eigenvalue weighted by Crippen LogP contribution is 2.16. The number of carbonyl (C=O) groups excluding carboxylic acids is 2. The van der Waals surface area contributed by atoms with Crippen molar-refractivity contribution in [2.75, 3.05) is 0 Å². The number of hydrogen-bond acceptors (Lipinski definition) is 3. The average molecular weight is 304 g/mol. The van der Waals surface area contributed by atoms with Crippen molar-refractivity contribution in [2.24, 2.45) is 5.73 Å². The van der Waals surface area contributed by atoms with Crippen molar-refractivity contribution >= 4 is 23.4 Å². The molecule has 0 unspecified atom stereocenters. The Morgan fingerprint density at radius 2 is 1.86 bits per heavy atom. The molecule has 2 amide bonds. The predicted octanol–water partition coefficient (Wildman–Crippen LogP) is 1.56. The minimum absolute atomic E-state index is 0.242. The van der Waals surface area contributed by atoms with Gasteiger partial charge in [-0.2, -0.15) is 0 Å². The monoisotopic (exact) mass is 303 g/mol. The molecule has 3 N–H and O–H groups in total. The first-order valence-electron chi connectivity index (χ1n) is 6.31. The summed E-state index contributed by atoms with van der Waals surface area (Å²) in [4.78, 5) is 27.4. The average Bonchev–Trinajstić information content (AvgIpc) is 2.49. The third-order valence-corrected chi connectivity index (χ3v) is 3.34. The Balaban J connectivity index is 2.12. The van der Waals surface area contributed by atoms with E-state index in [0.717, 1.165) is 5.56 Å². The van der Waals surface area contributed by atoms with Crippen LogP contribution in [0.2, 0.25) is 5.02 Å². The van der Waals surface area contributed by atoms with E-state index in [1.165, 1.54) is 12.4 Å². The fraction of sp³-hybridized carbons (Fsp3) is 0.133. The largest absolute Gasteiger partial charge is 0.368 e. The molecule has 0 aliphatic carbocycles. The number of benzene rings is 1. The van der Waals surface area contributed by atoms with Gasteiger partial charge in [-0.3, -0.25) is 14.6 Å². The van der Waals surface area contributed by atoms with Gasteiger partial charge in [0.1, 0.15) is 6.04 Å². The SMILES string of the molecule is NC(=O)[C@H](Cc1ccccc1Cl)NC(=O)c1ccncc1. The zero-order valence-corrected chi connectivity index (χ0v) is 11.9. The molecule has 108 valence electrons. The molecule has 0 aliphatic rings. The fourth-order valence-electron chi connectivity index (χ4n) is 1.85. The summed E-state index contributed by atoms with van der Waals surface area (Å²) in [5.74, 6) is -0.995. The van der Waals surface area contributed by atoms with Crippen LogP contribution < -0.4 is 11.1 Å². The van der Waals surface area contributed by atoms with Crippen LogP contribution in [0.15, 0.2) is 48.8 Å². The van der Waals surface area contributed by atoms with Crippen LogP contribution in [-0.4, -0.2) is 22.8 Å². The molecule has 1 heterocycles. The van der Waals surface area contributed by atoms with Gasteiger partial charge in [0.2, 0.25) is 5.91 Å². The van der Waals surface area contributed by atoms with E-state index in [1.807, 2.05) is 6.07 Å². The maximum Gasteiger partial charge on any atom is 0.252 e. The molecule has 1 aromatic heterocycles. The van der Waals surface area contributed by atoms with Gasteiger partial charge >= 0.3 is 0 Å².